The number of ether oxygens (including phenoxy) is 1. The molecule has 0 aliphatic carbocycles. The summed E-state index contributed by atoms with van der Waals surface area (Å²) in [5, 5.41) is 14.6. The second-order valence-corrected chi connectivity index (χ2v) is 5.48. The van der Waals surface area contributed by atoms with Crippen LogP contribution in [0, 0.1) is 0 Å². The second kappa shape index (κ2) is 5.50. The first-order valence-electron chi connectivity index (χ1n) is 7.50. The molecule has 0 fully saturated rings. The lowest BCUT2D eigenvalue weighted by Crippen LogP contribution is -2.15. The van der Waals surface area contributed by atoms with Gasteiger partial charge in [0, 0.05) is 17.1 Å². The maximum atomic E-state index is 12.7. The number of aliphatic hydroxyl groups excluding tert-OH is 1. The van der Waals surface area contributed by atoms with E-state index in [1.807, 2.05) is 30.3 Å². The van der Waals surface area contributed by atoms with E-state index in [0.29, 0.717) is 22.7 Å². The quantitative estimate of drug-likeness (QED) is 0.607. The molecule has 0 aromatic heterocycles. The molecule has 2 heterocycles. The van der Waals surface area contributed by atoms with Gasteiger partial charge in [0.2, 0.25) is 0 Å². The van der Waals surface area contributed by atoms with Crippen LogP contribution in [0.2, 0.25) is 0 Å². The standard InChI is InChI=1S/C18H15N3O3/c1-24-16-5-3-2-4-15(16)21-18(23)13-9-19-14-8-11(10-22)6-7-12(14)17(13)20-21/h2-9,19,22H,10H2,1H3. The van der Waals surface area contributed by atoms with Gasteiger partial charge in [-0.15, -0.1) is 0 Å². The zero-order valence-corrected chi connectivity index (χ0v) is 13.0. The molecule has 24 heavy (non-hydrogen) atoms. The lowest BCUT2D eigenvalue weighted by Gasteiger charge is -2.06. The highest BCUT2D eigenvalue weighted by molar-refractivity contribution is 5.93. The van der Waals surface area contributed by atoms with E-state index in [4.69, 9.17) is 4.74 Å². The monoisotopic (exact) mass is 321 g/mol. The molecule has 0 amide bonds. The summed E-state index contributed by atoms with van der Waals surface area (Å²) in [6.07, 6.45) is 1.65. The van der Waals surface area contributed by atoms with Gasteiger partial charge in [-0.25, -0.2) is 0 Å². The number of fused-ring (bicyclic) bond motifs is 3. The SMILES string of the molecule is COc1ccccc1-n1nc2c3ccc(CO)cc3[nH]cc-2c1=O. The Morgan fingerprint density at radius 1 is 1.25 bits per heavy atom. The number of aromatic nitrogens is 3. The van der Waals surface area contributed by atoms with Crippen LogP contribution in [0.25, 0.3) is 27.8 Å². The number of nitrogens with one attached hydrogen (secondary N) is 1. The second-order valence-electron chi connectivity index (χ2n) is 5.48. The van der Waals surface area contributed by atoms with Crippen molar-refractivity contribution < 1.29 is 9.84 Å². The van der Waals surface area contributed by atoms with Gasteiger partial charge in [-0.2, -0.15) is 9.78 Å². The zero-order valence-electron chi connectivity index (χ0n) is 13.0. The smallest absolute Gasteiger partial charge is 0.282 e. The Hall–Kier alpha value is -3.12. The highest BCUT2D eigenvalue weighted by atomic mass is 16.5. The molecular weight excluding hydrogens is 306 g/mol. The number of H-pyrrole nitrogens is 1. The number of rotatable bonds is 3. The molecule has 0 unspecified atom stereocenters. The molecule has 2 aliphatic heterocycles. The van der Waals surface area contributed by atoms with Gasteiger partial charge in [-0.3, -0.25) is 4.79 Å². The number of hydrogen-bond donors (Lipinski definition) is 2. The molecule has 0 saturated carbocycles. The Bertz CT molecular complexity index is 1060. The predicted molar refractivity (Wildman–Crippen MR) is 90.8 cm³/mol. The highest BCUT2D eigenvalue weighted by Gasteiger charge is 2.20. The van der Waals surface area contributed by atoms with Gasteiger partial charge >= 0.3 is 0 Å². The van der Waals surface area contributed by atoms with Crippen molar-refractivity contribution in [1.29, 1.82) is 0 Å². The Labute approximate surface area is 137 Å². The van der Waals surface area contributed by atoms with Crippen LogP contribution in [-0.2, 0) is 6.61 Å². The van der Waals surface area contributed by atoms with Crippen molar-refractivity contribution in [2.75, 3.05) is 7.11 Å². The van der Waals surface area contributed by atoms with Crippen molar-refractivity contribution in [3.63, 3.8) is 0 Å². The lowest BCUT2D eigenvalue weighted by molar-refractivity contribution is 0.282. The van der Waals surface area contributed by atoms with Crippen LogP contribution < -0.4 is 10.3 Å². The third-order valence-electron chi connectivity index (χ3n) is 4.08. The molecule has 0 spiro atoms. The third kappa shape index (κ3) is 2.08. The number of aliphatic hydroxyl groups is 1. The number of methoxy groups -OCH3 is 1. The minimum Gasteiger partial charge on any atom is -0.494 e. The minimum atomic E-state index is -0.209. The summed E-state index contributed by atoms with van der Waals surface area (Å²) in [5.41, 5.74) is 3.12. The third-order valence-corrected chi connectivity index (χ3v) is 4.08. The summed E-state index contributed by atoms with van der Waals surface area (Å²) in [4.78, 5) is 15.9. The average Bonchev–Trinajstić information content (AvgIpc) is 2.98. The summed E-state index contributed by atoms with van der Waals surface area (Å²) in [6.45, 7) is -0.0374. The van der Waals surface area contributed by atoms with Crippen molar-refractivity contribution in [3.05, 3.63) is 64.6 Å². The van der Waals surface area contributed by atoms with Crippen molar-refractivity contribution >= 4 is 10.9 Å². The fraction of sp³-hybridized carbons (Fsp3) is 0.111. The van der Waals surface area contributed by atoms with Crippen LogP contribution in [-0.4, -0.2) is 27.0 Å². The molecule has 6 heteroatoms. The molecular formula is C18H15N3O3. The summed E-state index contributed by atoms with van der Waals surface area (Å²) < 4.78 is 6.69. The Morgan fingerprint density at radius 2 is 2.08 bits per heavy atom. The van der Waals surface area contributed by atoms with Crippen molar-refractivity contribution in [2.24, 2.45) is 0 Å². The zero-order chi connectivity index (χ0) is 16.7. The normalized spacial score (nSPS) is 11.2. The maximum absolute atomic E-state index is 12.7. The molecule has 120 valence electrons. The summed E-state index contributed by atoms with van der Waals surface area (Å²) in [7, 11) is 1.56. The first kappa shape index (κ1) is 14.5. The van der Waals surface area contributed by atoms with Crippen molar-refractivity contribution in [3.8, 4) is 22.7 Å². The van der Waals surface area contributed by atoms with Gasteiger partial charge < -0.3 is 14.8 Å². The van der Waals surface area contributed by atoms with Crippen LogP contribution in [0.4, 0.5) is 0 Å². The average molecular weight is 321 g/mol. The largest absolute Gasteiger partial charge is 0.494 e. The van der Waals surface area contributed by atoms with E-state index in [9.17, 15) is 9.90 Å². The van der Waals surface area contributed by atoms with Crippen LogP contribution in [0.15, 0.2) is 53.5 Å². The topological polar surface area (TPSA) is 80.1 Å². The van der Waals surface area contributed by atoms with E-state index in [-0.39, 0.29) is 12.2 Å². The molecule has 0 saturated heterocycles. The summed E-state index contributed by atoms with van der Waals surface area (Å²) in [5.74, 6) is 0.582. The minimum absolute atomic E-state index is 0.0374. The van der Waals surface area contributed by atoms with Crippen LogP contribution in [0.5, 0.6) is 5.75 Å². The first-order valence-corrected chi connectivity index (χ1v) is 7.50. The van der Waals surface area contributed by atoms with Crippen LogP contribution in [0.1, 0.15) is 5.56 Å². The first-order chi connectivity index (χ1) is 11.7. The van der Waals surface area contributed by atoms with Gasteiger partial charge in [-0.1, -0.05) is 24.3 Å². The molecule has 0 bridgehead atoms. The van der Waals surface area contributed by atoms with Crippen LogP contribution in [0.3, 0.4) is 0 Å². The molecule has 0 radical (unpaired) electrons. The molecule has 2 aromatic rings. The number of hydrogen-bond acceptors (Lipinski definition) is 4. The van der Waals surface area contributed by atoms with E-state index in [0.717, 1.165) is 16.5 Å². The fourth-order valence-corrected chi connectivity index (χ4v) is 2.88. The van der Waals surface area contributed by atoms with Gasteiger partial charge in [-0.05, 0) is 23.8 Å². The number of para-hydroxylation sites is 2. The van der Waals surface area contributed by atoms with Gasteiger partial charge in [0.15, 0.2) is 0 Å². The van der Waals surface area contributed by atoms with Gasteiger partial charge in [0.1, 0.15) is 17.1 Å². The van der Waals surface area contributed by atoms with E-state index < -0.39 is 0 Å². The summed E-state index contributed by atoms with van der Waals surface area (Å²) in [6, 6.07) is 12.8. The molecule has 6 nitrogen and oxygen atoms in total. The van der Waals surface area contributed by atoms with Crippen molar-refractivity contribution in [1.82, 2.24) is 14.8 Å². The van der Waals surface area contributed by atoms with Gasteiger partial charge in [0.05, 0.1) is 19.3 Å². The van der Waals surface area contributed by atoms with E-state index >= 15 is 0 Å². The summed E-state index contributed by atoms with van der Waals surface area (Å²) >= 11 is 0. The van der Waals surface area contributed by atoms with Gasteiger partial charge in [0.25, 0.3) is 5.56 Å². The van der Waals surface area contributed by atoms with E-state index in [2.05, 4.69) is 10.1 Å². The van der Waals surface area contributed by atoms with Crippen LogP contribution >= 0.6 is 0 Å². The number of nitrogens with zero attached hydrogens (tertiary/aromatic N) is 2. The molecule has 2 aromatic carbocycles. The molecule has 4 rings (SSSR count). The van der Waals surface area contributed by atoms with E-state index in [1.54, 1.807) is 25.4 Å². The highest BCUT2D eigenvalue weighted by Crippen LogP contribution is 2.28. The molecule has 2 aliphatic rings. The Balaban J connectivity index is 2.02. The van der Waals surface area contributed by atoms with Crippen molar-refractivity contribution in [2.45, 2.75) is 6.61 Å². The fourth-order valence-electron chi connectivity index (χ4n) is 2.88. The van der Waals surface area contributed by atoms with E-state index in [1.165, 1.54) is 4.68 Å². The predicted octanol–water partition coefficient (Wildman–Crippen LogP) is 2.32. The lowest BCUT2D eigenvalue weighted by atomic mass is 10.1. The number of pyridine rings is 1. The number of benzene rings is 2. The number of aromatic amines is 1. The Morgan fingerprint density at radius 3 is 2.88 bits per heavy atom. The molecule has 2 N–H and O–H groups in total. The maximum Gasteiger partial charge on any atom is 0.282 e. The Kier molecular flexibility index (Phi) is 3.32. The molecule has 0 atom stereocenters.